The van der Waals surface area contributed by atoms with E-state index in [0.717, 1.165) is 18.7 Å². The second-order valence-corrected chi connectivity index (χ2v) is 7.42. The second-order valence-electron chi connectivity index (χ2n) is 7.42. The Kier molecular flexibility index (Phi) is 5.77. The van der Waals surface area contributed by atoms with Crippen molar-refractivity contribution >= 4 is 5.91 Å². The average Bonchev–Trinajstić information content (AvgIpc) is 3.42. The summed E-state index contributed by atoms with van der Waals surface area (Å²) in [6, 6.07) is 9.11. The summed E-state index contributed by atoms with van der Waals surface area (Å²) >= 11 is 0. The molecule has 2 aliphatic carbocycles. The first-order valence-corrected chi connectivity index (χ1v) is 9.32. The van der Waals surface area contributed by atoms with E-state index in [1.807, 2.05) is 12.1 Å². The third kappa shape index (κ3) is 4.73. The van der Waals surface area contributed by atoms with Crippen molar-refractivity contribution in [3.63, 3.8) is 0 Å². The molecule has 0 unspecified atom stereocenters. The molecule has 1 aromatic carbocycles. The van der Waals surface area contributed by atoms with Crippen molar-refractivity contribution in [3.05, 3.63) is 29.8 Å². The normalized spacial score (nSPS) is 24.0. The van der Waals surface area contributed by atoms with Crippen LogP contribution in [0.5, 0.6) is 5.75 Å². The van der Waals surface area contributed by atoms with E-state index in [4.69, 9.17) is 4.74 Å². The molecular formula is C20H30N2O2. The Morgan fingerprint density at radius 2 is 1.88 bits per heavy atom. The van der Waals surface area contributed by atoms with E-state index in [1.54, 1.807) is 7.11 Å². The molecule has 0 aromatic heterocycles. The fourth-order valence-electron chi connectivity index (χ4n) is 3.69. The van der Waals surface area contributed by atoms with E-state index in [9.17, 15) is 4.79 Å². The molecule has 3 rings (SSSR count). The molecule has 1 aromatic rings. The molecular weight excluding hydrogens is 300 g/mol. The molecule has 0 spiro atoms. The number of hydrogen-bond acceptors (Lipinski definition) is 3. The molecule has 2 aliphatic rings. The Labute approximate surface area is 145 Å². The van der Waals surface area contributed by atoms with Gasteiger partial charge in [-0.3, -0.25) is 9.69 Å². The van der Waals surface area contributed by atoms with Gasteiger partial charge in [0.2, 0.25) is 5.91 Å². The number of carbonyl (C=O) groups excluding carboxylic acids is 1. The van der Waals surface area contributed by atoms with Crippen LogP contribution in [0.4, 0.5) is 0 Å². The van der Waals surface area contributed by atoms with Gasteiger partial charge in [-0.05, 0) is 49.3 Å². The molecule has 1 N–H and O–H groups in total. The minimum atomic E-state index is 0.189. The molecule has 0 radical (unpaired) electrons. The number of benzene rings is 1. The molecule has 0 aliphatic heterocycles. The second kappa shape index (κ2) is 8.02. The van der Waals surface area contributed by atoms with Crippen LogP contribution in [-0.2, 0) is 11.3 Å². The highest BCUT2D eigenvalue weighted by atomic mass is 16.5. The Morgan fingerprint density at radius 1 is 1.17 bits per heavy atom. The molecule has 1 amide bonds. The number of carbonyl (C=O) groups is 1. The molecule has 4 nitrogen and oxygen atoms in total. The number of amides is 1. The molecule has 2 saturated carbocycles. The van der Waals surface area contributed by atoms with Crippen LogP contribution in [0.15, 0.2) is 24.3 Å². The zero-order valence-electron chi connectivity index (χ0n) is 15.0. The lowest BCUT2D eigenvalue weighted by Gasteiger charge is -2.30. The Bertz CT molecular complexity index is 539. The first-order valence-electron chi connectivity index (χ1n) is 9.32. The van der Waals surface area contributed by atoms with E-state index in [1.165, 1.54) is 37.7 Å². The summed E-state index contributed by atoms with van der Waals surface area (Å²) in [6.45, 7) is 3.61. The van der Waals surface area contributed by atoms with Crippen LogP contribution in [0.25, 0.3) is 0 Å². The summed E-state index contributed by atoms with van der Waals surface area (Å²) < 4.78 is 5.22. The SMILES string of the molecule is COc1ccc(CN(CC(=O)N[C@H]2CCCC[C@@H]2C)C2CC2)cc1. The van der Waals surface area contributed by atoms with Crippen LogP contribution in [0, 0.1) is 5.92 Å². The van der Waals surface area contributed by atoms with E-state index < -0.39 is 0 Å². The molecule has 2 fully saturated rings. The molecule has 132 valence electrons. The highest BCUT2D eigenvalue weighted by Gasteiger charge is 2.31. The van der Waals surface area contributed by atoms with Gasteiger partial charge in [0.25, 0.3) is 0 Å². The van der Waals surface area contributed by atoms with E-state index in [0.29, 0.717) is 24.5 Å². The highest BCUT2D eigenvalue weighted by molar-refractivity contribution is 5.78. The molecule has 24 heavy (non-hydrogen) atoms. The third-order valence-corrected chi connectivity index (χ3v) is 5.41. The summed E-state index contributed by atoms with van der Waals surface area (Å²) in [4.78, 5) is 14.8. The highest BCUT2D eigenvalue weighted by Crippen LogP contribution is 2.29. The predicted molar refractivity (Wildman–Crippen MR) is 96.0 cm³/mol. The summed E-state index contributed by atoms with van der Waals surface area (Å²) in [7, 11) is 1.68. The first kappa shape index (κ1) is 17.3. The Hall–Kier alpha value is -1.55. The average molecular weight is 330 g/mol. The van der Waals surface area contributed by atoms with Gasteiger partial charge in [0.15, 0.2) is 0 Å². The monoisotopic (exact) mass is 330 g/mol. The van der Waals surface area contributed by atoms with Crippen LogP contribution >= 0.6 is 0 Å². The molecule has 0 heterocycles. The van der Waals surface area contributed by atoms with Crippen molar-refractivity contribution < 1.29 is 9.53 Å². The zero-order chi connectivity index (χ0) is 16.9. The van der Waals surface area contributed by atoms with Gasteiger partial charge in [-0.1, -0.05) is 31.9 Å². The molecule has 2 atom stereocenters. The number of nitrogens with one attached hydrogen (secondary N) is 1. The smallest absolute Gasteiger partial charge is 0.234 e. The maximum absolute atomic E-state index is 12.5. The van der Waals surface area contributed by atoms with Crippen molar-refractivity contribution in [2.24, 2.45) is 5.92 Å². The van der Waals surface area contributed by atoms with Crippen molar-refractivity contribution in [1.29, 1.82) is 0 Å². The number of methoxy groups -OCH3 is 1. The van der Waals surface area contributed by atoms with Gasteiger partial charge in [-0.2, -0.15) is 0 Å². The number of nitrogens with zero attached hydrogens (tertiary/aromatic N) is 1. The first-order chi connectivity index (χ1) is 11.7. The fraction of sp³-hybridized carbons (Fsp3) is 0.650. The molecule has 4 heteroatoms. The van der Waals surface area contributed by atoms with Gasteiger partial charge < -0.3 is 10.1 Å². The number of rotatable bonds is 7. The van der Waals surface area contributed by atoms with Crippen LogP contribution in [0.1, 0.15) is 51.0 Å². The van der Waals surface area contributed by atoms with Gasteiger partial charge in [0, 0.05) is 18.6 Å². The lowest BCUT2D eigenvalue weighted by Crippen LogP contribution is -2.46. The number of ether oxygens (including phenoxy) is 1. The van der Waals surface area contributed by atoms with Crippen LogP contribution in [0.3, 0.4) is 0 Å². The standard InChI is InChI=1S/C20H30N2O2/c1-15-5-3-4-6-19(15)21-20(23)14-22(17-9-10-17)13-16-7-11-18(24-2)12-8-16/h7-8,11-12,15,17,19H,3-6,9-10,13-14H2,1-2H3,(H,21,23)/t15-,19-/m0/s1. The quantitative estimate of drug-likeness (QED) is 0.833. The van der Waals surface area contributed by atoms with Crippen LogP contribution in [0.2, 0.25) is 0 Å². The zero-order valence-corrected chi connectivity index (χ0v) is 15.0. The van der Waals surface area contributed by atoms with E-state index in [-0.39, 0.29) is 5.91 Å². The summed E-state index contributed by atoms with van der Waals surface area (Å²) in [5.41, 5.74) is 1.24. The van der Waals surface area contributed by atoms with Crippen LogP contribution in [-0.4, -0.2) is 36.5 Å². The van der Waals surface area contributed by atoms with Gasteiger partial charge in [0.05, 0.1) is 13.7 Å². The largest absolute Gasteiger partial charge is 0.497 e. The van der Waals surface area contributed by atoms with Crippen molar-refractivity contribution in [2.45, 2.75) is 64.1 Å². The minimum Gasteiger partial charge on any atom is -0.497 e. The number of hydrogen-bond donors (Lipinski definition) is 1. The van der Waals surface area contributed by atoms with Gasteiger partial charge in [-0.25, -0.2) is 0 Å². The maximum Gasteiger partial charge on any atom is 0.234 e. The Morgan fingerprint density at radius 3 is 2.50 bits per heavy atom. The minimum absolute atomic E-state index is 0.189. The third-order valence-electron chi connectivity index (χ3n) is 5.41. The fourth-order valence-corrected chi connectivity index (χ4v) is 3.69. The summed E-state index contributed by atoms with van der Waals surface area (Å²) in [5, 5.41) is 3.29. The van der Waals surface area contributed by atoms with E-state index >= 15 is 0 Å². The molecule has 0 bridgehead atoms. The predicted octanol–water partition coefficient (Wildman–Crippen LogP) is 3.35. The maximum atomic E-state index is 12.5. The van der Waals surface area contributed by atoms with Crippen LogP contribution < -0.4 is 10.1 Å². The summed E-state index contributed by atoms with van der Waals surface area (Å²) in [6.07, 6.45) is 7.34. The van der Waals surface area contributed by atoms with Crippen molar-refractivity contribution in [2.75, 3.05) is 13.7 Å². The van der Waals surface area contributed by atoms with Gasteiger partial charge in [-0.15, -0.1) is 0 Å². The lowest BCUT2D eigenvalue weighted by molar-refractivity contribution is -0.123. The molecule has 0 saturated heterocycles. The van der Waals surface area contributed by atoms with Gasteiger partial charge in [0.1, 0.15) is 5.75 Å². The van der Waals surface area contributed by atoms with Crippen molar-refractivity contribution in [1.82, 2.24) is 10.2 Å². The lowest BCUT2D eigenvalue weighted by atomic mass is 9.86. The van der Waals surface area contributed by atoms with Gasteiger partial charge >= 0.3 is 0 Å². The Balaban J connectivity index is 1.54. The van der Waals surface area contributed by atoms with E-state index in [2.05, 4.69) is 29.3 Å². The van der Waals surface area contributed by atoms with Crippen molar-refractivity contribution in [3.8, 4) is 5.75 Å². The topological polar surface area (TPSA) is 41.6 Å². The summed E-state index contributed by atoms with van der Waals surface area (Å²) in [5.74, 6) is 1.67.